The van der Waals surface area contributed by atoms with E-state index in [2.05, 4.69) is 5.32 Å². The number of nitrogens with one attached hydrogen (secondary N) is 1. The summed E-state index contributed by atoms with van der Waals surface area (Å²) >= 11 is 0. The molecule has 1 fully saturated rings. The Balaban J connectivity index is 1.94. The number of hydrogen-bond acceptors (Lipinski definition) is 5. The average Bonchev–Trinajstić information content (AvgIpc) is 2.67. The lowest BCUT2D eigenvalue weighted by molar-refractivity contribution is -0.126. The van der Waals surface area contributed by atoms with Gasteiger partial charge in [0, 0.05) is 32.8 Å². The van der Waals surface area contributed by atoms with E-state index in [0.29, 0.717) is 44.9 Å². The number of rotatable bonds is 9. The van der Waals surface area contributed by atoms with E-state index in [4.69, 9.17) is 9.47 Å². The summed E-state index contributed by atoms with van der Waals surface area (Å²) in [5, 5.41) is 2.88. The molecule has 8 heteroatoms. The molecule has 0 bridgehead atoms. The van der Waals surface area contributed by atoms with Gasteiger partial charge in [0.1, 0.15) is 5.75 Å². The third kappa shape index (κ3) is 5.43. The molecule has 1 heterocycles. The highest BCUT2D eigenvalue weighted by Crippen LogP contribution is 2.25. The van der Waals surface area contributed by atoms with E-state index in [0.717, 1.165) is 6.42 Å². The number of carbonyl (C=O) groups is 1. The smallest absolute Gasteiger partial charge is 0.243 e. The zero-order chi connectivity index (χ0) is 19.0. The zero-order valence-electron chi connectivity index (χ0n) is 15.4. The number of nitrogens with zero attached hydrogens (tertiary/aromatic N) is 1. The third-order valence-corrected chi connectivity index (χ3v) is 6.30. The highest BCUT2D eigenvalue weighted by Gasteiger charge is 2.33. The number of benzene rings is 1. The molecule has 1 aliphatic rings. The van der Waals surface area contributed by atoms with E-state index in [9.17, 15) is 13.2 Å². The zero-order valence-corrected chi connectivity index (χ0v) is 16.3. The van der Waals surface area contributed by atoms with Crippen molar-refractivity contribution in [2.45, 2.75) is 31.1 Å². The number of hydrogen-bond donors (Lipinski definition) is 1. The molecule has 1 amide bonds. The van der Waals surface area contributed by atoms with E-state index in [1.54, 1.807) is 12.1 Å². The SMILES string of the molecule is CCOCCCNC(=O)[C@@H]1CCCN(S(=O)(=O)c2ccc(OC)cc2)C1. The Hall–Kier alpha value is -1.64. The van der Waals surface area contributed by atoms with Crippen molar-refractivity contribution in [2.24, 2.45) is 5.92 Å². The van der Waals surface area contributed by atoms with Crippen LogP contribution in [0.3, 0.4) is 0 Å². The summed E-state index contributed by atoms with van der Waals surface area (Å²) in [5.41, 5.74) is 0. The Morgan fingerprint density at radius 1 is 1.31 bits per heavy atom. The monoisotopic (exact) mass is 384 g/mol. The molecule has 146 valence electrons. The molecule has 1 aromatic rings. The topological polar surface area (TPSA) is 84.9 Å². The summed E-state index contributed by atoms with van der Waals surface area (Å²) in [6.07, 6.45) is 2.12. The van der Waals surface area contributed by atoms with Gasteiger partial charge in [-0.1, -0.05) is 0 Å². The Bertz CT molecular complexity index is 675. The van der Waals surface area contributed by atoms with Gasteiger partial charge in [-0.3, -0.25) is 4.79 Å². The molecule has 1 aliphatic heterocycles. The first-order chi connectivity index (χ1) is 12.5. The van der Waals surface area contributed by atoms with Crippen LogP contribution < -0.4 is 10.1 Å². The van der Waals surface area contributed by atoms with Gasteiger partial charge < -0.3 is 14.8 Å². The maximum atomic E-state index is 12.8. The van der Waals surface area contributed by atoms with Gasteiger partial charge in [-0.2, -0.15) is 4.31 Å². The predicted octanol–water partition coefficient (Wildman–Crippen LogP) is 1.64. The average molecular weight is 384 g/mol. The maximum absolute atomic E-state index is 12.8. The van der Waals surface area contributed by atoms with Crippen molar-refractivity contribution < 1.29 is 22.7 Å². The van der Waals surface area contributed by atoms with E-state index < -0.39 is 10.0 Å². The molecule has 1 N–H and O–H groups in total. The van der Waals surface area contributed by atoms with Gasteiger partial charge >= 0.3 is 0 Å². The first-order valence-electron chi connectivity index (χ1n) is 8.98. The fraction of sp³-hybridized carbons (Fsp3) is 0.611. The minimum absolute atomic E-state index is 0.0869. The van der Waals surface area contributed by atoms with Crippen molar-refractivity contribution in [1.82, 2.24) is 9.62 Å². The van der Waals surface area contributed by atoms with Gasteiger partial charge in [-0.25, -0.2) is 8.42 Å². The Morgan fingerprint density at radius 3 is 2.69 bits per heavy atom. The van der Waals surface area contributed by atoms with Gasteiger partial charge in [-0.05, 0) is 50.5 Å². The van der Waals surface area contributed by atoms with Crippen LogP contribution in [0.2, 0.25) is 0 Å². The molecule has 7 nitrogen and oxygen atoms in total. The highest BCUT2D eigenvalue weighted by atomic mass is 32.2. The molecule has 0 aliphatic carbocycles. The summed E-state index contributed by atoms with van der Waals surface area (Å²) < 4.78 is 37.4. The highest BCUT2D eigenvalue weighted by molar-refractivity contribution is 7.89. The van der Waals surface area contributed by atoms with E-state index in [1.807, 2.05) is 6.92 Å². The molecule has 1 aromatic carbocycles. The number of carbonyl (C=O) groups excluding carboxylic acids is 1. The van der Waals surface area contributed by atoms with Crippen molar-refractivity contribution in [3.05, 3.63) is 24.3 Å². The van der Waals surface area contributed by atoms with Crippen molar-refractivity contribution in [2.75, 3.05) is 40.0 Å². The quantitative estimate of drug-likeness (QED) is 0.654. The standard InChI is InChI=1S/C18H28N2O5S/c1-3-25-13-5-11-19-18(21)15-6-4-12-20(14-15)26(22,23)17-9-7-16(24-2)8-10-17/h7-10,15H,3-6,11-14H2,1-2H3,(H,19,21)/t15-/m1/s1. The number of ether oxygens (including phenoxy) is 2. The second kappa shape index (κ2) is 9.89. The molecule has 1 atom stereocenters. The maximum Gasteiger partial charge on any atom is 0.243 e. The minimum Gasteiger partial charge on any atom is -0.497 e. The van der Waals surface area contributed by atoms with Crippen LogP contribution in [0, 0.1) is 5.92 Å². The van der Waals surface area contributed by atoms with Crippen molar-refractivity contribution in [1.29, 1.82) is 0 Å². The van der Waals surface area contributed by atoms with Crippen molar-refractivity contribution in [3.8, 4) is 5.75 Å². The first kappa shape index (κ1) is 20.7. The number of piperidine rings is 1. The second-order valence-electron chi connectivity index (χ2n) is 6.22. The molecular formula is C18H28N2O5S. The van der Waals surface area contributed by atoms with Crippen LogP contribution in [0.25, 0.3) is 0 Å². The summed E-state index contributed by atoms with van der Waals surface area (Å²) in [7, 11) is -2.07. The number of sulfonamides is 1. The van der Waals surface area contributed by atoms with Gasteiger partial charge in [0.15, 0.2) is 0 Å². The van der Waals surface area contributed by atoms with Crippen LogP contribution in [0.1, 0.15) is 26.2 Å². The largest absolute Gasteiger partial charge is 0.497 e. The van der Waals surface area contributed by atoms with Gasteiger partial charge in [0.2, 0.25) is 15.9 Å². The van der Waals surface area contributed by atoms with E-state index in [-0.39, 0.29) is 23.3 Å². The fourth-order valence-corrected chi connectivity index (χ4v) is 4.47. The van der Waals surface area contributed by atoms with Crippen LogP contribution in [0.5, 0.6) is 5.75 Å². The summed E-state index contributed by atoms with van der Waals surface area (Å²) in [5.74, 6) is 0.201. The fourth-order valence-electron chi connectivity index (χ4n) is 2.95. The summed E-state index contributed by atoms with van der Waals surface area (Å²) in [6, 6.07) is 6.32. The summed E-state index contributed by atoms with van der Waals surface area (Å²) in [6.45, 7) is 4.39. The molecule has 0 spiro atoms. The first-order valence-corrected chi connectivity index (χ1v) is 10.4. The molecule has 0 unspecified atom stereocenters. The van der Waals surface area contributed by atoms with Gasteiger partial charge in [0.25, 0.3) is 0 Å². The van der Waals surface area contributed by atoms with Crippen LogP contribution >= 0.6 is 0 Å². The summed E-state index contributed by atoms with van der Waals surface area (Å²) in [4.78, 5) is 12.6. The lowest BCUT2D eigenvalue weighted by Crippen LogP contribution is -2.45. The normalized spacial score (nSPS) is 18.5. The number of amides is 1. The second-order valence-corrected chi connectivity index (χ2v) is 8.16. The lowest BCUT2D eigenvalue weighted by Gasteiger charge is -2.31. The van der Waals surface area contributed by atoms with Crippen LogP contribution in [-0.4, -0.2) is 58.6 Å². The van der Waals surface area contributed by atoms with Crippen LogP contribution in [0.15, 0.2) is 29.2 Å². The third-order valence-electron chi connectivity index (χ3n) is 4.42. The molecule has 0 aromatic heterocycles. The Morgan fingerprint density at radius 2 is 2.04 bits per heavy atom. The van der Waals surface area contributed by atoms with E-state index >= 15 is 0 Å². The Labute approximate surface area is 155 Å². The van der Waals surface area contributed by atoms with Gasteiger partial charge in [-0.15, -0.1) is 0 Å². The lowest BCUT2D eigenvalue weighted by atomic mass is 9.99. The Kier molecular flexibility index (Phi) is 7.86. The van der Waals surface area contributed by atoms with Crippen LogP contribution in [-0.2, 0) is 19.6 Å². The molecule has 2 rings (SSSR count). The van der Waals surface area contributed by atoms with Crippen LogP contribution in [0.4, 0.5) is 0 Å². The molecule has 26 heavy (non-hydrogen) atoms. The predicted molar refractivity (Wildman–Crippen MR) is 98.6 cm³/mol. The minimum atomic E-state index is -3.61. The van der Waals surface area contributed by atoms with Crippen molar-refractivity contribution in [3.63, 3.8) is 0 Å². The number of methoxy groups -OCH3 is 1. The van der Waals surface area contributed by atoms with Crippen molar-refractivity contribution >= 4 is 15.9 Å². The molecular weight excluding hydrogens is 356 g/mol. The molecule has 1 saturated heterocycles. The molecule has 0 saturated carbocycles. The van der Waals surface area contributed by atoms with E-state index in [1.165, 1.54) is 23.5 Å². The molecule has 0 radical (unpaired) electrons. The van der Waals surface area contributed by atoms with Gasteiger partial charge in [0.05, 0.1) is 17.9 Å².